The van der Waals surface area contributed by atoms with E-state index in [9.17, 15) is 8.42 Å². The molecule has 1 atom stereocenters. The second-order valence-corrected chi connectivity index (χ2v) is 10.3. The van der Waals surface area contributed by atoms with Crippen LogP contribution in [0, 0.1) is 0 Å². The van der Waals surface area contributed by atoms with Crippen LogP contribution in [0.25, 0.3) is 0 Å². The van der Waals surface area contributed by atoms with E-state index in [0.717, 1.165) is 30.6 Å². The Labute approximate surface area is 181 Å². The maximum Gasteiger partial charge on any atom is 0.215 e. The van der Waals surface area contributed by atoms with Crippen molar-refractivity contribution in [3.63, 3.8) is 0 Å². The number of nitrogens with one attached hydrogen (secondary N) is 1. The Morgan fingerprint density at radius 3 is 2.55 bits per heavy atom. The van der Waals surface area contributed by atoms with Crippen LogP contribution >= 0.6 is 22.9 Å². The zero-order chi connectivity index (χ0) is 20.3. The number of benzene rings is 2. The van der Waals surface area contributed by atoms with E-state index < -0.39 is 10.0 Å². The van der Waals surface area contributed by atoms with Crippen LogP contribution in [0.3, 0.4) is 0 Å². The normalized spacial score (nSPS) is 15.8. The largest absolute Gasteiger partial charge is 0.290 e. The topological polar surface area (TPSA) is 49.4 Å². The third-order valence-corrected chi connectivity index (χ3v) is 7.57. The van der Waals surface area contributed by atoms with E-state index in [4.69, 9.17) is 11.6 Å². The van der Waals surface area contributed by atoms with Crippen molar-refractivity contribution in [1.29, 1.82) is 0 Å². The van der Waals surface area contributed by atoms with Crippen LogP contribution in [0.4, 0.5) is 0 Å². The molecule has 29 heavy (non-hydrogen) atoms. The number of nitrogens with zero attached hydrogens (tertiary/aromatic N) is 1. The Bertz CT molecular complexity index is 1050. The predicted molar refractivity (Wildman–Crippen MR) is 120 cm³/mol. The number of thiophene rings is 1. The van der Waals surface area contributed by atoms with Crippen molar-refractivity contribution in [2.45, 2.75) is 24.8 Å². The lowest BCUT2D eigenvalue weighted by atomic mass is 9.97. The van der Waals surface area contributed by atoms with Gasteiger partial charge in [-0.3, -0.25) is 4.90 Å². The SMILES string of the molecule is O=S(=O)(Cc1ccc(Cl)cc1)NCC(c1ccsc1)N1CCc2ccccc2C1. The van der Waals surface area contributed by atoms with Gasteiger partial charge in [-0.2, -0.15) is 11.3 Å². The number of fused-ring (bicyclic) bond motifs is 1. The zero-order valence-corrected chi connectivity index (χ0v) is 18.3. The molecular formula is C22H23ClN2O2S2. The fourth-order valence-electron chi connectivity index (χ4n) is 3.76. The number of sulfonamides is 1. The van der Waals surface area contributed by atoms with Gasteiger partial charge in [-0.25, -0.2) is 13.1 Å². The predicted octanol–water partition coefficient (Wildman–Crippen LogP) is 4.62. The number of halogens is 1. The van der Waals surface area contributed by atoms with Gasteiger partial charge in [0.2, 0.25) is 10.0 Å². The lowest BCUT2D eigenvalue weighted by molar-refractivity contribution is 0.180. The summed E-state index contributed by atoms with van der Waals surface area (Å²) in [5, 5.41) is 4.75. The highest BCUT2D eigenvalue weighted by Crippen LogP contribution is 2.29. The number of hydrogen-bond donors (Lipinski definition) is 1. The first-order valence-electron chi connectivity index (χ1n) is 9.55. The summed E-state index contributed by atoms with van der Waals surface area (Å²) in [5.41, 5.74) is 4.59. The van der Waals surface area contributed by atoms with Gasteiger partial charge >= 0.3 is 0 Å². The van der Waals surface area contributed by atoms with E-state index in [1.54, 1.807) is 35.6 Å². The minimum atomic E-state index is -3.45. The Hall–Kier alpha value is -1.70. The molecule has 1 unspecified atom stereocenters. The van der Waals surface area contributed by atoms with Gasteiger partial charge in [-0.15, -0.1) is 0 Å². The molecule has 0 spiro atoms. The van der Waals surface area contributed by atoms with E-state index in [2.05, 4.69) is 45.3 Å². The van der Waals surface area contributed by atoms with E-state index in [1.807, 2.05) is 5.38 Å². The van der Waals surface area contributed by atoms with Crippen molar-refractivity contribution in [2.75, 3.05) is 13.1 Å². The average molecular weight is 447 g/mol. The van der Waals surface area contributed by atoms with Crippen molar-refractivity contribution < 1.29 is 8.42 Å². The fourth-order valence-corrected chi connectivity index (χ4v) is 5.74. The van der Waals surface area contributed by atoms with E-state index in [1.165, 1.54) is 11.1 Å². The molecule has 1 aliphatic heterocycles. The Morgan fingerprint density at radius 1 is 1.07 bits per heavy atom. The fraction of sp³-hybridized carbons (Fsp3) is 0.273. The second kappa shape index (κ2) is 8.98. The molecule has 0 radical (unpaired) electrons. The third kappa shape index (κ3) is 5.27. The average Bonchev–Trinajstić information content (AvgIpc) is 3.24. The molecule has 4 rings (SSSR count). The van der Waals surface area contributed by atoms with E-state index in [0.29, 0.717) is 11.6 Å². The van der Waals surface area contributed by atoms with Crippen LogP contribution < -0.4 is 4.72 Å². The van der Waals surface area contributed by atoms with Crippen LogP contribution in [0.5, 0.6) is 0 Å². The molecule has 0 aliphatic carbocycles. The van der Waals surface area contributed by atoms with Crippen LogP contribution in [-0.2, 0) is 28.7 Å². The first-order chi connectivity index (χ1) is 14.0. The Morgan fingerprint density at radius 2 is 1.83 bits per heavy atom. The lowest BCUT2D eigenvalue weighted by Crippen LogP contribution is -2.40. The molecule has 0 amide bonds. The molecule has 1 aliphatic rings. The van der Waals surface area contributed by atoms with Crippen molar-refractivity contribution in [1.82, 2.24) is 9.62 Å². The molecule has 3 aromatic rings. The van der Waals surface area contributed by atoms with Gasteiger partial charge in [0, 0.05) is 30.7 Å². The Balaban J connectivity index is 1.48. The van der Waals surface area contributed by atoms with Crippen LogP contribution in [0.2, 0.25) is 5.02 Å². The standard InChI is InChI=1S/C22H23ClN2O2S2/c23-21-7-5-17(6-8-21)16-29(26,27)24-13-22(20-10-12-28-15-20)25-11-9-18-3-1-2-4-19(18)14-25/h1-8,10,12,15,22,24H,9,11,13-14,16H2. The maximum absolute atomic E-state index is 12.7. The molecule has 0 saturated carbocycles. The first kappa shape index (κ1) is 20.6. The molecule has 2 heterocycles. The van der Waals surface area contributed by atoms with Crippen LogP contribution in [0.15, 0.2) is 65.4 Å². The molecule has 2 aromatic carbocycles. The summed E-state index contributed by atoms with van der Waals surface area (Å²) < 4.78 is 28.2. The summed E-state index contributed by atoms with van der Waals surface area (Å²) in [6.07, 6.45) is 0.980. The zero-order valence-electron chi connectivity index (χ0n) is 15.9. The molecule has 152 valence electrons. The van der Waals surface area contributed by atoms with Gasteiger partial charge in [-0.1, -0.05) is 48.0 Å². The molecule has 1 aromatic heterocycles. The molecule has 0 bridgehead atoms. The van der Waals surface area contributed by atoms with Crippen molar-refractivity contribution in [3.05, 3.63) is 92.6 Å². The first-order valence-corrected chi connectivity index (χ1v) is 12.5. The van der Waals surface area contributed by atoms with Crippen molar-refractivity contribution in [2.24, 2.45) is 0 Å². The van der Waals surface area contributed by atoms with Gasteiger partial charge in [-0.05, 0) is 57.6 Å². The van der Waals surface area contributed by atoms with E-state index >= 15 is 0 Å². The molecule has 1 N–H and O–H groups in total. The third-order valence-electron chi connectivity index (χ3n) is 5.30. The van der Waals surface area contributed by atoms with Gasteiger partial charge in [0.1, 0.15) is 0 Å². The van der Waals surface area contributed by atoms with Gasteiger partial charge in [0.05, 0.1) is 5.75 Å². The van der Waals surface area contributed by atoms with Crippen molar-refractivity contribution >= 4 is 33.0 Å². The van der Waals surface area contributed by atoms with Crippen LogP contribution in [-0.4, -0.2) is 26.4 Å². The highest BCUT2D eigenvalue weighted by Gasteiger charge is 2.26. The minimum Gasteiger partial charge on any atom is -0.290 e. The molecular weight excluding hydrogens is 424 g/mol. The quantitative estimate of drug-likeness (QED) is 0.576. The lowest BCUT2D eigenvalue weighted by Gasteiger charge is -2.35. The summed E-state index contributed by atoms with van der Waals surface area (Å²) in [6, 6.07) is 17.5. The summed E-state index contributed by atoms with van der Waals surface area (Å²) in [5.74, 6) is -0.0522. The summed E-state index contributed by atoms with van der Waals surface area (Å²) in [6.45, 7) is 2.10. The van der Waals surface area contributed by atoms with Gasteiger partial charge in [0.15, 0.2) is 0 Å². The van der Waals surface area contributed by atoms with Gasteiger partial charge in [0.25, 0.3) is 0 Å². The van der Waals surface area contributed by atoms with E-state index in [-0.39, 0.29) is 11.8 Å². The minimum absolute atomic E-state index is 0.00889. The maximum atomic E-state index is 12.7. The van der Waals surface area contributed by atoms with Crippen molar-refractivity contribution in [3.8, 4) is 0 Å². The number of rotatable bonds is 7. The molecule has 4 nitrogen and oxygen atoms in total. The molecule has 0 fully saturated rings. The second-order valence-electron chi connectivity index (χ2n) is 7.30. The summed E-state index contributed by atoms with van der Waals surface area (Å²) >= 11 is 7.53. The monoisotopic (exact) mass is 446 g/mol. The van der Waals surface area contributed by atoms with Crippen LogP contribution in [0.1, 0.15) is 28.3 Å². The highest BCUT2D eigenvalue weighted by atomic mass is 35.5. The Kier molecular flexibility index (Phi) is 6.37. The molecule has 7 heteroatoms. The van der Waals surface area contributed by atoms with Gasteiger partial charge < -0.3 is 0 Å². The summed E-state index contributed by atoms with van der Waals surface area (Å²) in [4.78, 5) is 2.37. The summed E-state index contributed by atoms with van der Waals surface area (Å²) in [7, 11) is -3.45. The smallest absolute Gasteiger partial charge is 0.215 e. The molecule has 0 saturated heterocycles. The highest BCUT2D eigenvalue weighted by molar-refractivity contribution is 7.88. The number of hydrogen-bond acceptors (Lipinski definition) is 4.